The summed E-state index contributed by atoms with van der Waals surface area (Å²) < 4.78 is 7.69. The SMILES string of the molecule is Cc1c(N=C2S/C(=C\c3cc(I)c(OCc4ccc([N+](=O)[O-])cc4)c(I)c3)C(=O)N2C)cccc1C(=O)O. The van der Waals surface area contributed by atoms with Crippen LogP contribution >= 0.6 is 56.9 Å². The normalized spacial score (nSPS) is 15.4. The lowest BCUT2D eigenvalue weighted by Crippen LogP contribution is -2.23. The third kappa shape index (κ3) is 6.18. The van der Waals surface area contributed by atoms with Gasteiger partial charge >= 0.3 is 5.97 Å². The fraction of sp³-hybridized carbons (Fsp3) is 0.115. The van der Waals surface area contributed by atoms with Crippen LogP contribution in [0.25, 0.3) is 6.08 Å². The summed E-state index contributed by atoms with van der Waals surface area (Å²) in [6.07, 6.45) is 1.79. The van der Waals surface area contributed by atoms with E-state index in [2.05, 4.69) is 50.2 Å². The Balaban J connectivity index is 1.53. The molecule has 1 N–H and O–H groups in total. The Morgan fingerprint density at radius 2 is 1.84 bits per heavy atom. The van der Waals surface area contributed by atoms with Gasteiger partial charge in [0.15, 0.2) is 5.17 Å². The Bertz CT molecular complexity index is 1500. The number of aliphatic imine (C=N–C) groups is 1. The van der Waals surface area contributed by atoms with E-state index in [-0.39, 0.29) is 23.8 Å². The van der Waals surface area contributed by atoms with Crippen LogP contribution in [0.5, 0.6) is 5.75 Å². The van der Waals surface area contributed by atoms with E-state index in [1.54, 1.807) is 44.3 Å². The van der Waals surface area contributed by atoms with E-state index in [0.29, 0.717) is 27.1 Å². The van der Waals surface area contributed by atoms with Crippen LogP contribution in [0.1, 0.15) is 27.0 Å². The molecule has 0 saturated carbocycles. The van der Waals surface area contributed by atoms with Crippen molar-refractivity contribution in [3.63, 3.8) is 0 Å². The molecule has 1 fully saturated rings. The quantitative estimate of drug-likeness (QED) is 0.125. The maximum atomic E-state index is 12.9. The van der Waals surface area contributed by atoms with Crippen molar-refractivity contribution < 1.29 is 24.4 Å². The topological polar surface area (TPSA) is 122 Å². The second-order valence-electron chi connectivity index (χ2n) is 8.15. The van der Waals surface area contributed by atoms with Gasteiger partial charge in [0.25, 0.3) is 11.6 Å². The maximum Gasteiger partial charge on any atom is 0.336 e. The number of carboxylic acid groups (broad SMARTS) is 1. The number of nitro groups is 1. The number of thioether (sulfide) groups is 1. The number of amidine groups is 1. The van der Waals surface area contributed by atoms with Crippen LogP contribution in [-0.2, 0) is 11.4 Å². The van der Waals surface area contributed by atoms with Crippen LogP contribution in [-0.4, -0.2) is 39.0 Å². The molecule has 1 amide bonds. The van der Waals surface area contributed by atoms with Gasteiger partial charge in [0.2, 0.25) is 0 Å². The van der Waals surface area contributed by atoms with E-state index in [1.807, 2.05) is 12.1 Å². The van der Waals surface area contributed by atoms with Gasteiger partial charge in [0.05, 0.1) is 28.2 Å². The minimum atomic E-state index is -1.03. The standard InChI is InChI=1S/C26H19I2N3O6S/c1-14-18(25(33)34)4-3-5-21(14)29-26-30(2)24(32)22(38-26)12-16-10-19(27)23(20(28)11-16)37-13-15-6-8-17(9-7-15)31(35)36/h3-12H,13H2,1-2H3,(H,33,34)/b22-12-,29-26?. The maximum absolute atomic E-state index is 12.9. The number of carbonyl (C=O) groups excluding carboxylic acids is 1. The van der Waals surface area contributed by atoms with Crippen molar-refractivity contribution in [3.8, 4) is 5.75 Å². The average Bonchev–Trinajstić information content (AvgIpc) is 3.12. The number of aromatic carboxylic acids is 1. The van der Waals surface area contributed by atoms with Gasteiger partial charge in [0.1, 0.15) is 12.4 Å². The number of halogens is 2. The molecule has 0 aliphatic carbocycles. The zero-order valence-electron chi connectivity index (χ0n) is 20.0. The first-order chi connectivity index (χ1) is 18.0. The highest BCUT2D eigenvalue weighted by Crippen LogP contribution is 2.36. The Kier molecular flexibility index (Phi) is 8.72. The molecule has 1 saturated heterocycles. The van der Waals surface area contributed by atoms with E-state index in [0.717, 1.165) is 18.3 Å². The number of amides is 1. The van der Waals surface area contributed by atoms with Crippen LogP contribution in [0.3, 0.4) is 0 Å². The molecule has 1 aliphatic rings. The molecule has 3 aromatic rings. The number of likely N-dealkylation sites (N-methyl/N-ethyl adjacent to an activating group) is 1. The molecule has 0 atom stereocenters. The highest BCUT2D eigenvalue weighted by Gasteiger charge is 2.30. The van der Waals surface area contributed by atoms with Crippen LogP contribution in [0, 0.1) is 24.2 Å². The molecule has 0 spiro atoms. The Labute approximate surface area is 249 Å². The third-order valence-electron chi connectivity index (χ3n) is 5.60. The second-order valence-corrected chi connectivity index (χ2v) is 11.5. The van der Waals surface area contributed by atoms with Gasteiger partial charge in [-0.15, -0.1) is 0 Å². The number of carbonyl (C=O) groups is 2. The molecule has 1 aliphatic heterocycles. The smallest absolute Gasteiger partial charge is 0.336 e. The monoisotopic (exact) mass is 755 g/mol. The second kappa shape index (κ2) is 11.8. The number of non-ortho nitro benzene ring substituents is 1. The molecule has 0 unspecified atom stereocenters. The minimum absolute atomic E-state index is 0.0254. The predicted octanol–water partition coefficient (Wildman–Crippen LogP) is 6.62. The number of carboxylic acids is 1. The van der Waals surface area contributed by atoms with E-state index in [1.165, 1.54) is 34.9 Å². The summed E-state index contributed by atoms with van der Waals surface area (Å²) in [4.78, 5) is 41.3. The Morgan fingerprint density at radius 3 is 2.45 bits per heavy atom. The van der Waals surface area contributed by atoms with Gasteiger partial charge in [0, 0.05) is 19.2 Å². The summed E-state index contributed by atoms with van der Waals surface area (Å²) in [5.74, 6) is -0.549. The molecule has 3 aromatic carbocycles. The molecular weight excluding hydrogens is 736 g/mol. The van der Waals surface area contributed by atoms with Crippen molar-refractivity contribution in [1.82, 2.24) is 4.90 Å². The van der Waals surface area contributed by atoms with Gasteiger partial charge in [-0.1, -0.05) is 6.07 Å². The van der Waals surface area contributed by atoms with Crippen molar-refractivity contribution in [1.29, 1.82) is 0 Å². The first-order valence-electron chi connectivity index (χ1n) is 11.0. The molecule has 0 bridgehead atoms. The molecular formula is C26H19I2N3O6S. The highest BCUT2D eigenvalue weighted by atomic mass is 127. The molecule has 12 heteroatoms. The number of benzene rings is 3. The minimum Gasteiger partial charge on any atom is -0.487 e. The van der Waals surface area contributed by atoms with Gasteiger partial charge in [-0.3, -0.25) is 19.8 Å². The zero-order valence-corrected chi connectivity index (χ0v) is 25.1. The van der Waals surface area contributed by atoms with E-state index in [4.69, 9.17) is 4.74 Å². The zero-order chi connectivity index (χ0) is 27.6. The largest absolute Gasteiger partial charge is 0.487 e. The van der Waals surface area contributed by atoms with Gasteiger partial charge in [-0.2, -0.15) is 0 Å². The molecule has 0 radical (unpaired) electrons. The predicted molar refractivity (Wildman–Crippen MR) is 163 cm³/mol. The number of hydrogen-bond acceptors (Lipinski definition) is 7. The van der Waals surface area contributed by atoms with Gasteiger partial charge in [-0.25, -0.2) is 9.79 Å². The molecule has 4 rings (SSSR count). The molecule has 194 valence electrons. The van der Waals surface area contributed by atoms with Crippen molar-refractivity contribution in [2.75, 3.05) is 7.05 Å². The van der Waals surface area contributed by atoms with Crippen molar-refractivity contribution >= 4 is 91.4 Å². The summed E-state index contributed by atoms with van der Waals surface area (Å²) in [6.45, 7) is 1.95. The van der Waals surface area contributed by atoms with Crippen LogP contribution < -0.4 is 4.74 Å². The number of hydrogen-bond donors (Lipinski definition) is 1. The first-order valence-corrected chi connectivity index (χ1v) is 14.0. The van der Waals surface area contributed by atoms with Gasteiger partial charge in [-0.05, 0) is 123 Å². The lowest BCUT2D eigenvalue weighted by atomic mass is 10.1. The average molecular weight is 755 g/mol. The van der Waals surface area contributed by atoms with E-state index < -0.39 is 10.9 Å². The Hall–Kier alpha value is -2.98. The number of nitro benzene ring substituents is 1. The lowest BCUT2D eigenvalue weighted by molar-refractivity contribution is -0.384. The Morgan fingerprint density at radius 1 is 1.18 bits per heavy atom. The molecule has 38 heavy (non-hydrogen) atoms. The fourth-order valence-corrected chi connectivity index (χ4v) is 6.66. The van der Waals surface area contributed by atoms with E-state index in [9.17, 15) is 24.8 Å². The first kappa shape index (κ1) is 28.0. The number of rotatable bonds is 7. The summed E-state index contributed by atoms with van der Waals surface area (Å²) in [5.41, 5.74) is 2.83. The molecule has 9 nitrogen and oxygen atoms in total. The van der Waals surface area contributed by atoms with Crippen LogP contribution in [0.15, 0.2) is 64.5 Å². The van der Waals surface area contributed by atoms with Crippen molar-refractivity contribution in [3.05, 3.63) is 99.0 Å². The number of nitrogens with zero attached hydrogens (tertiary/aromatic N) is 3. The van der Waals surface area contributed by atoms with Crippen molar-refractivity contribution in [2.24, 2.45) is 4.99 Å². The highest BCUT2D eigenvalue weighted by molar-refractivity contribution is 14.1. The van der Waals surface area contributed by atoms with E-state index >= 15 is 0 Å². The van der Waals surface area contributed by atoms with Crippen LogP contribution in [0.2, 0.25) is 0 Å². The molecule has 1 heterocycles. The van der Waals surface area contributed by atoms with Crippen LogP contribution in [0.4, 0.5) is 11.4 Å². The summed E-state index contributed by atoms with van der Waals surface area (Å²) in [5, 5.41) is 20.7. The molecule has 0 aromatic heterocycles. The summed E-state index contributed by atoms with van der Waals surface area (Å²) in [6, 6.07) is 14.9. The van der Waals surface area contributed by atoms with Gasteiger partial charge < -0.3 is 9.84 Å². The summed E-state index contributed by atoms with van der Waals surface area (Å²) >= 11 is 5.57. The fourth-order valence-electron chi connectivity index (χ4n) is 3.55. The van der Waals surface area contributed by atoms with Crippen molar-refractivity contribution in [2.45, 2.75) is 13.5 Å². The number of ether oxygens (including phenoxy) is 1. The summed E-state index contributed by atoms with van der Waals surface area (Å²) in [7, 11) is 1.63. The lowest BCUT2D eigenvalue weighted by Gasteiger charge is -2.12. The third-order valence-corrected chi connectivity index (χ3v) is 8.27.